The van der Waals surface area contributed by atoms with Crippen molar-refractivity contribution in [3.05, 3.63) is 72.7 Å². The molecule has 0 bridgehead atoms. The highest BCUT2D eigenvalue weighted by atomic mass is 19.3. The van der Waals surface area contributed by atoms with E-state index >= 15 is 0 Å². The van der Waals surface area contributed by atoms with E-state index in [-0.39, 0.29) is 11.7 Å². The van der Waals surface area contributed by atoms with E-state index in [9.17, 15) is 18.0 Å². The molecule has 0 aliphatic carbocycles. The molecule has 2 aromatic carbocycles. The Morgan fingerprint density at radius 3 is 2.52 bits per heavy atom. The number of hydrogen-bond acceptors (Lipinski definition) is 6. The van der Waals surface area contributed by atoms with Crippen LogP contribution >= 0.6 is 0 Å². The predicted molar refractivity (Wildman–Crippen MR) is 115 cm³/mol. The Labute approximate surface area is 187 Å². The van der Waals surface area contributed by atoms with E-state index in [1.807, 2.05) is 0 Å². The highest BCUT2D eigenvalue weighted by molar-refractivity contribution is 5.92. The van der Waals surface area contributed by atoms with Crippen LogP contribution in [0.4, 0.5) is 18.9 Å². The number of benzene rings is 2. The number of ether oxygens (including phenoxy) is 3. The minimum atomic E-state index is -3.57. The molecule has 0 fully saturated rings. The molecule has 0 spiro atoms. The highest BCUT2D eigenvalue weighted by Gasteiger charge is 2.31. The van der Waals surface area contributed by atoms with Crippen molar-refractivity contribution in [3.8, 4) is 28.8 Å². The summed E-state index contributed by atoms with van der Waals surface area (Å²) in [7, 11) is 2.92. The lowest BCUT2D eigenvalue weighted by molar-refractivity contribution is -0.118. The number of allylic oxidation sites excluding steroid dienone is 1. The van der Waals surface area contributed by atoms with Gasteiger partial charge >= 0.3 is 6.01 Å². The maximum Gasteiger partial charge on any atom is 0.319 e. The van der Waals surface area contributed by atoms with Crippen LogP contribution in [0.25, 0.3) is 11.1 Å². The zero-order valence-electron chi connectivity index (χ0n) is 17.8. The van der Waals surface area contributed by atoms with E-state index in [2.05, 4.69) is 21.9 Å². The molecule has 0 aliphatic rings. The third kappa shape index (κ3) is 5.59. The van der Waals surface area contributed by atoms with E-state index < -0.39 is 29.8 Å². The Bertz CT molecular complexity index is 1150. The Balaban J connectivity index is 1.64. The second kappa shape index (κ2) is 10.0. The van der Waals surface area contributed by atoms with Crippen molar-refractivity contribution < 1.29 is 32.2 Å². The molecule has 1 amide bonds. The van der Waals surface area contributed by atoms with Crippen LogP contribution in [0, 0.1) is 5.82 Å². The first kappa shape index (κ1) is 23.6. The van der Waals surface area contributed by atoms with Crippen molar-refractivity contribution in [3.63, 3.8) is 0 Å². The van der Waals surface area contributed by atoms with Gasteiger partial charge in [0.2, 0.25) is 5.88 Å². The molecule has 33 heavy (non-hydrogen) atoms. The summed E-state index contributed by atoms with van der Waals surface area (Å²) in [6.45, 7) is 2.61. The number of carbonyl (C=O) groups excluding carboxylic acids is 1. The lowest BCUT2D eigenvalue weighted by Gasteiger charge is -2.14. The van der Waals surface area contributed by atoms with Gasteiger partial charge in [-0.2, -0.15) is 13.8 Å². The zero-order chi connectivity index (χ0) is 24.0. The third-order valence-electron chi connectivity index (χ3n) is 4.51. The Morgan fingerprint density at radius 2 is 1.88 bits per heavy atom. The van der Waals surface area contributed by atoms with E-state index in [1.54, 1.807) is 30.5 Å². The SMILES string of the molecule is C=CC(F)(F)c1cc(NC(=O)COc2ccc(-c3cnc(OC)nc3OC)cc2)ccc1F. The number of halogens is 3. The van der Waals surface area contributed by atoms with Crippen molar-refractivity contribution >= 4 is 11.6 Å². The number of carbonyl (C=O) groups is 1. The fourth-order valence-electron chi connectivity index (χ4n) is 2.85. The van der Waals surface area contributed by atoms with Crippen LogP contribution in [0.1, 0.15) is 5.56 Å². The van der Waals surface area contributed by atoms with Gasteiger partial charge in [-0.05, 0) is 42.0 Å². The van der Waals surface area contributed by atoms with Crippen LogP contribution in [0.3, 0.4) is 0 Å². The third-order valence-corrected chi connectivity index (χ3v) is 4.51. The van der Waals surface area contributed by atoms with Crippen molar-refractivity contribution in [2.24, 2.45) is 0 Å². The quantitative estimate of drug-likeness (QED) is 0.471. The molecule has 10 heteroatoms. The fourth-order valence-corrected chi connectivity index (χ4v) is 2.85. The second-order valence-corrected chi connectivity index (χ2v) is 6.66. The number of methoxy groups -OCH3 is 2. The van der Waals surface area contributed by atoms with Gasteiger partial charge in [-0.15, -0.1) is 0 Å². The van der Waals surface area contributed by atoms with Crippen LogP contribution < -0.4 is 19.5 Å². The van der Waals surface area contributed by atoms with Gasteiger partial charge in [-0.1, -0.05) is 18.7 Å². The topological polar surface area (TPSA) is 82.6 Å². The molecule has 3 rings (SSSR count). The second-order valence-electron chi connectivity index (χ2n) is 6.66. The van der Waals surface area contributed by atoms with Crippen molar-refractivity contribution in [2.75, 3.05) is 26.1 Å². The van der Waals surface area contributed by atoms with E-state index in [1.165, 1.54) is 20.3 Å². The van der Waals surface area contributed by atoms with E-state index in [0.717, 1.165) is 17.7 Å². The van der Waals surface area contributed by atoms with Gasteiger partial charge in [0.1, 0.15) is 11.6 Å². The smallest absolute Gasteiger partial charge is 0.319 e. The van der Waals surface area contributed by atoms with Crippen molar-refractivity contribution in [1.29, 1.82) is 0 Å². The van der Waals surface area contributed by atoms with Crippen LogP contribution in [-0.4, -0.2) is 36.7 Å². The molecule has 0 saturated carbocycles. The minimum Gasteiger partial charge on any atom is -0.484 e. The first-order valence-electron chi connectivity index (χ1n) is 9.57. The Kier molecular flexibility index (Phi) is 7.17. The van der Waals surface area contributed by atoms with Crippen LogP contribution in [0.5, 0.6) is 17.6 Å². The summed E-state index contributed by atoms with van der Waals surface area (Å²) < 4.78 is 56.9. The molecular weight excluding hydrogens is 439 g/mol. The Morgan fingerprint density at radius 1 is 1.15 bits per heavy atom. The standard InChI is InChI=1S/C23H20F3N3O4/c1-4-23(25,26)18-11-15(7-10-19(18)24)28-20(30)13-33-16-8-5-14(6-9-16)17-12-27-22(32-3)29-21(17)31-2/h4-12H,1,13H2,2-3H3,(H,28,30). The average Bonchev–Trinajstić information content (AvgIpc) is 2.83. The maximum absolute atomic E-state index is 13.8. The first-order valence-corrected chi connectivity index (χ1v) is 9.57. The summed E-state index contributed by atoms with van der Waals surface area (Å²) in [5.41, 5.74) is 0.493. The fraction of sp³-hybridized carbons (Fsp3) is 0.174. The van der Waals surface area contributed by atoms with Crippen LogP contribution in [0.15, 0.2) is 61.3 Å². The van der Waals surface area contributed by atoms with Gasteiger partial charge in [0.15, 0.2) is 6.61 Å². The first-order chi connectivity index (χ1) is 15.8. The summed E-state index contributed by atoms with van der Waals surface area (Å²) in [5, 5.41) is 2.40. The highest BCUT2D eigenvalue weighted by Crippen LogP contribution is 2.33. The van der Waals surface area contributed by atoms with Crippen molar-refractivity contribution in [2.45, 2.75) is 5.92 Å². The van der Waals surface area contributed by atoms with Crippen LogP contribution in [0.2, 0.25) is 0 Å². The summed E-state index contributed by atoms with van der Waals surface area (Å²) >= 11 is 0. The monoisotopic (exact) mass is 459 g/mol. The molecule has 3 aromatic rings. The largest absolute Gasteiger partial charge is 0.484 e. The van der Waals surface area contributed by atoms with Gasteiger partial charge in [-0.3, -0.25) is 4.79 Å². The molecule has 1 heterocycles. The molecule has 1 N–H and O–H groups in total. The van der Waals surface area contributed by atoms with Crippen molar-refractivity contribution in [1.82, 2.24) is 9.97 Å². The normalized spacial score (nSPS) is 10.9. The molecule has 0 unspecified atom stereocenters. The molecule has 172 valence electrons. The summed E-state index contributed by atoms with van der Waals surface area (Å²) in [6.07, 6.45) is 1.89. The molecule has 0 atom stereocenters. The van der Waals surface area contributed by atoms with Gasteiger partial charge in [0, 0.05) is 11.9 Å². The number of amides is 1. The van der Waals surface area contributed by atoms with E-state index in [0.29, 0.717) is 23.3 Å². The molecule has 0 aliphatic heterocycles. The summed E-state index contributed by atoms with van der Waals surface area (Å²) in [6, 6.07) is 9.76. The van der Waals surface area contributed by atoms with Crippen LogP contribution in [-0.2, 0) is 10.7 Å². The Hall–Kier alpha value is -4.08. The number of rotatable bonds is 9. The predicted octanol–water partition coefficient (Wildman–Crippen LogP) is 4.60. The molecule has 0 saturated heterocycles. The zero-order valence-corrected chi connectivity index (χ0v) is 17.8. The average molecular weight is 459 g/mol. The number of aromatic nitrogens is 2. The lowest BCUT2D eigenvalue weighted by atomic mass is 10.1. The molecule has 7 nitrogen and oxygen atoms in total. The maximum atomic E-state index is 13.8. The summed E-state index contributed by atoms with van der Waals surface area (Å²) in [4.78, 5) is 20.3. The molecule has 1 aromatic heterocycles. The van der Waals surface area contributed by atoms with Gasteiger partial charge in [-0.25, -0.2) is 9.37 Å². The number of nitrogens with zero attached hydrogens (tertiary/aromatic N) is 2. The van der Waals surface area contributed by atoms with E-state index in [4.69, 9.17) is 14.2 Å². The number of anilines is 1. The number of nitrogens with one attached hydrogen (secondary N) is 1. The van der Waals surface area contributed by atoms with Gasteiger partial charge < -0.3 is 19.5 Å². The van der Waals surface area contributed by atoms with Gasteiger partial charge in [0.05, 0.1) is 25.3 Å². The molecular formula is C23H20F3N3O4. The van der Waals surface area contributed by atoms with Gasteiger partial charge in [0.25, 0.3) is 11.8 Å². The summed E-state index contributed by atoms with van der Waals surface area (Å²) in [5.74, 6) is -4.56. The minimum absolute atomic E-state index is 0.00322. The number of hydrogen-bond donors (Lipinski definition) is 1. The molecule has 0 radical (unpaired) electrons. The lowest BCUT2D eigenvalue weighted by Crippen LogP contribution is -2.21. The number of alkyl halides is 2.